The molecule has 0 heterocycles. The molecule has 0 amide bonds. The quantitative estimate of drug-likeness (QED) is 0.367. The summed E-state index contributed by atoms with van der Waals surface area (Å²) in [6, 6.07) is 2.97. The van der Waals surface area contributed by atoms with Gasteiger partial charge in [0.1, 0.15) is 24.4 Å². The number of carboxylic acids is 1. The monoisotopic (exact) mass is 355 g/mol. The normalized spacial score (nSPS) is 14.0. The largest absolute Gasteiger partial charge is 0.508 e. The Bertz CT molecular complexity index is 596. The van der Waals surface area contributed by atoms with Crippen LogP contribution in [0.25, 0.3) is 0 Å². The van der Waals surface area contributed by atoms with E-state index < -0.39 is 39.8 Å². The molecule has 0 fully saturated rings. The molecule has 0 saturated heterocycles. The van der Waals surface area contributed by atoms with Crippen molar-refractivity contribution in [1.82, 2.24) is 4.90 Å². The van der Waals surface area contributed by atoms with Crippen molar-refractivity contribution in [2.75, 3.05) is 12.6 Å². The average molecular weight is 355 g/mol. The predicted octanol–water partition coefficient (Wildman–Crippen LogP) is 0.0903. The molecular weight excluding hydrogens is 340 g/mol. The maximum Gasteiger partial charge on any atom is 0.339 e. The highest BCUT2D eigenvalue weighted by Gasteiger charge is 2.35. The van der Waals surface area contributed by atoms with Crippen molar-refractivity contribution in [1.29, 1.82) is 0 Å². The lowest BCUT2D eigenvalue weighted by Gasteiger charge is -2.29. The second kappa shape index (κ2) is 6.89. The molecule has 0 aliphatic heterocycles. The number of hydrogen-bond donors (Lipinski definition) is 6. The van der Waals surface area contributed by atoms with Crippen LogP contribution in [0.1, 0.15) is 11.6 Å². The highest BCUT2D eigenvalue weighted by Crippen LogP contribution is 2.44. The first-order valence-electron chi connectivity index (χ1n) is 5.74. The van der Waals surface area contributed by atoms with Gasteiger partial charge in [-0.15, -0.1) is 0 Å². The van der Waals surface area contributed by atoms with Gasteiger partial charge in [-0.25, -0.2) is 0 Å². The molecule has 0 aliphatic carbocycles. The van der Waals surface area contributed by atoms with Crippen LogP contribution < -0.4 is 0 Å². The van der Waals surface area contributed by atoms with Crippen LogP contribution in [-0.4, -0.2) is 53.2 Å². The summed E-state index contributed by atoms with van der Waals surface area (Å²) in [4.78, 5) is 47.8. The third-order valence-electron chi connectivity index (χ3n) is 2.54. The standard InChI is InChI=1S/C10H15NO9P2/c12-8-3-1-7(2-4-8)9(10(13)14)11(5-21(15,16)17)6-22(18,19)20/h1-4,9,12H,5-6H2,(H,13,14)(H2,15,16,17)(H2,18,19,20)/t9-/m0/s1. The van der Waals surface area contributed by atoms with Crippen molar-refractivity contribution < 1.29 is 43.7 Å². The van der Waals surface area contributed by atoms with Crippen LogP contribution >= 0.6 is 15.2 Å². The molecule has 1 aromatic rings. The van der Waals surface area contributed by atoms with Crippen LogP contribution in [0.15, 0.2) is 24.3 Å². The smallest absolute Gasteiger partial charge is 0.339 e. The molecule has 1 aromatic carbocycles. The molecule has 12 heteroatoms. The maximum absolute atomic E-state index is 11.4. The molecule has 0 saturated carbocycles. The lowest BCUT2D eigenvalue weighted by Crippen LogP contribution is -2.35. The molecule has 0 bridgehead atoms. The molecule has 1 atom stereocenters. The Morgan fingerprint density at radius 1 is 1.00 bits per heavy atom. The van der Waals surface area contributed by atoms with Crippen LogP contribution in [0, 0.1) is 0 Å². The van der Waals surface area contributed by atoms with E-state index in [9.17, 15) is 24.1 Å². The molecule has 0 aromatic heterocycles. The average Bonchev–Trinajstić information content (AvgIpc) is 2.27. The number of carboxylic acid groups (broad SMARTS) is 1. The van der Waals surface area contributed by atoms with Gasteiger partial charge >= 0.3 is 21.2 Å². The van der Waals surface area contributed by atoms with Gasteiger partial charge in [0.15, 0.2) is 0 Å². The van der Waals surface area contributed by atoms with E-state index in [0.29, 0.717) is 4.90 Å². The molecule has 0 spiro atoms. The molecule has 0 radical (unpaired) electrons. The summed E-state index contributed by atoms with van der Waals surface area (Å²) in [6.07, 6.45) is -2.29. The number of phenols is 1. The SMILES string of the molecule is O=C(O)[C@H](c1ccc(O)cc1)N(CP(=O)(O)O)CP(=O)(O)O. The van der Waals surface area contributed by atoms with Crippen molar-refractivity contribution >= 4 is 21.2 Å². The number of nitrogens with zero attached hydrogens (tertiary/aromatic N) is 1. The molecule has 10 nitrogen and oxygen atoms in total. The molecule has 124 valence electrons. The number of hydrogen-bond acceptors (Lipinski definition) is 5. The molecule has 0 aliphatic rings. The van der Waals surface area contributed by atoms with E-state index >= 15 is 0 Å². The number of phenolic OH excluding ortho intramolecular Hbond substituents is 1. The van der Waals surface area contributed by atoms with Crippen molar-refractivity contribution in [3.8, 4) is 5.75 Å². The Morgan fingerprint density at radius 3 is 1.73 bits per heavy atom. The van der Waals surface area contributed by atoms with Crippen molar-refractivity contribution in [2.45, 2.75) is 6.04 Å². The molecular formula is C10H15NO9P2. The van der Waals surface area contributed by atoms with Gasteiger partial charge in [0.05, 0.1) is 0 Å². The first-order valence-corrected chi connectivity index (χ1v) is 9.33. The molecule has 22 heavy (non-hydrogen) atoms. The van der Waals surface area contributed by atoms with E-state index in [1.54, 1.807) is 0 Å². The third kappa shape index (κ3) is 6.25. The van der Waals surface area contributed by atoms with Gasteiger partial charge in [0.2, 0.25) is 0 Å². The van der Waals surface area contributed by atoms with E-state index in [4.69, 9.17) is 19.6 Å². The number of aliphatic carboxylic acids is 1. The fourth-order valence-corrected chi connectivity index (χ4v) is 3.48. The highest BCUT2D eigenvalue weighted by atomic mass is 31.2. The van der Waals surface area contributed by atoms with Crippen LogP contribution in [-0.2, 0) is 13.9 Å². The van der Waals surface area contributed by atoms with Gasteiger partial charge in [-0.3, -0.25) is 18.8 Å². The first-order chi connectivity index (χ1) is 9.89. The predicted molar refractivity (Wildman–Crippen MR) is 74.1 cm³/mol. The van der Waals surface area contributed by atoms with Crippen LogP contribution in [0.2, 0.25) is 0 Å². The Labute approximate surface area is 125 Å². The summed E-state index contributed by atoms with van der Waals surface area (Å²) in [5.41, 5.74) is 0.00667. The Hall–Kier alpha value is -1.25. The summed E-state index contributed by atoms with van der Waals surface area (Å²) in [5.74, 6) is -1.71. The number of benzene rings is 1. The highest BCUT2D eigenvalue weighted by molar-refractivity contribution is 7.52. The zero-order chi connectivity index (χ0) is 17.1. The van der Waals surface area contributed by atoms with Crippen molar-refractivity contribution in [3.63, 3.8) is 0 Å². The minimum atomic E-state index is -4.76. The topological polar surface area (TPSA) is 176 Å². The summed E-state index contributed by atoms with van der Waals surface area (Å²) in [7, 11) is -9.52. The maximum atomic E-state index is 11.4. The fraction of sp³-hybridized carbons (Fsp3) is 0.300. The summed E-state index contributed by atoms with van der Waals surface area (Å²) in [5, 5.41) is 18.4. The zero-order valence-electron chi connectivity index (χ0n) is 11.1. The Morgan fingerprint density at radius 2 is 1.41 bits per heavy atom. The lowest BCUT2D eigenvalue weighted by molar-refractivity contribution is -0.143. The van der Waals surface area contributed by atoms with Crippen LogP contribution in [0.5, 0.6) is 5.75 Å². The van der Waals surface area contributed by atoms with Gasteiger partial charge < -0.3 is 29.8 Å². The minimum Gasteiger partial charge on any atom is -0.508 e. The molecule has 6 N–H and O–H groups in total. The third-order valence-corrected chi connectivity index (χ3v) is 4.00. The summed E-state index contributed by atoms with van der Waals surface area (Å²) >= 11 is 0. The van der Waals surface area contributed by atoms with Gasteiger partial charge in [-0.2, -0.15) is 0 Å². The first kappa shape index (κ1) is 18.8. The molecule has 1 rings (SSSR count). The van der Waals surface area contributed by atoms with Crippen LogP contribution in [0.4, 0.5) is 0 Å². The van der Waals surface area contributed by atoms with Gasteiger partial charge in [-0.05, 0) is 17.7 Å². The number of carbonyl (C=O) groups is 1. The van der Waals surface area contributed by atoms with E-state index in [-0.39, 0.29) is 11.3 Å². The summed E-state index contributed by atoms with van der Waals surface area (Å²) < 4.78 is 22.2. The second-order valence-corrected chi connectivity index (χ2v) is 7.76. The number of aromatic hydroxyl groups is 1. The van der Waals surface area contributed by atoms with E-state index in [0.717, 1.165) is 12.1 Å². The number of rotatable bonds is 7. The molecule has 0 unspecified atom stereocenters. The minimum absolute atomic E-state index is 0.00667. The van der Waals surface area contributed by atoms with E-state index in [2.05, 4.69) is 0 Å². The van der Waals surface area contributed by atoms with E-state index in [1.807, 2.05) is 0 Å². The Balaban J connectivity index is 3.25. The fourth-order valence-electron chi connectivity index (χ4n) is 1.85. The van der Waals surface area contributed by atoms with Gasteiger partial charge in [-0.1, -0.05) is 12.1 Å². The zero-order valence-corrected chi connectivity index (χ0v) is 12.8. The van der Waals surface area contributed by atoms with E-state index in [1.165, 1.54) is 12.1 Å². The van der Waals surface area contributed by atoms with Gasteiger partial charge in [0, 0.05) is 0 Å². The van der Waals surface area contributed by atoms with Crippen LogP contribution in [0.3, 0.4) is 0 Å². The Kier molecular flexibility index (Phi) is 5.89. The lowest BCUT2D eigenvalue weighted by atomic mass is 10.1. The second-order valence-electron chi connectivity index (χ2n) is 4.53. The van der Waals surface area contributed by atoms with Crippen molar-refractivity contribution in [2.24, 2.45) is 0 Å². The van der Waals surface area contributed by atoms with Crippen molar-refractivity contribution in [3.05, 3.63) is 29.8 Å². The summed E-state index contributed by atoms with van der Waals surface area (Å²) in [6.45, 7) is 0. The van der Waals surface area contributed by atoms with Gasteiger partial charge in [0.25, 0.3) is 0 Å².